The average Bonchev–Trinajstić information content (AvgIpc) is 2.92. The number of hydrogen-bond donors (Lipinski definition) is 2. The molecule has 0 aromatic rings. The number of hydrogen-bond acceptors (Lipinski definition) is 3. The fraction of sp³-hybridized carbons (Fsp3) is 0.762. The van der Waals surface area contributed by atoms with Gasteiger partial charge in [0.25, 0.3) is 0 Å². The first kappa shape index (κ1) is 16.5. The highest BCUT2D eigenvalue weighted by Crippen LogP contribution is 2.64. The standard InChI is InChI=1S/C21H30O3/c1-20-9-7-14(23)11-13(20)3-4-15-16-5-6-18(19(24)12-22)21(16,2)10-8-17(15)20/h3-4,14,16-18,22-23H,5-12H2,1-2H3/t14?,16-,17+,18+,20+,21-/m0/s1. The van der Waals surface area contributed by atoms with E-state index in [0.29, 0.717) is 11.8 Å². The van der Waals surface area contributed by atoms with Gasteiger partial charge in [-0.15, -0.1) is 0 Å². The number of allylic oxidation sites excluding steroid dienone is 3. The van der Waals surface area contributed by atoms with E-state index in [1.807, 2.05) is 0 Å². The Bertz CT molecular complexity index is 619. The third-order valence-corrected chi connectivity index (χ3v) is 8.09. The van der Waals surface area contributed by atoms with E-state index < -0.39 is 0 Å². The number of carbonyl (C=O) groups is 1. The Hall–Kier alpha value is -0.930. The van der Waals surface area contributed by atoms with Crippen molar-refractivity contribution in [3.05, 3.63) is 23.3 Å². The van der Waals surface area contributed by atoms with Crippen LogP contribution in [0.4, 0.5) is 0 Å². The molecule has 0 heterocycles. The van der Waals surface area contributed by atoms with Crippen LogP contribution < -0.4 is 0 Å². The summed E-state index contributed by atoms with van der Waals surface area (Å²) in [5.41, 5.74) is 3.21. The van der Waals surface area contributed by atoms with Crippen LogP contribution in [0.15, 0.2) is 23.3 Å². The second-order valence-corrected chi connectivity index (χ2v) is 9.08. The Labute approximate surface area is 144 Å². The van der Waals surface area contributed by atoms with Crippen LogP contribution in [0.5, 0.6) is 0 Å². The summed E-state index contributed by atoms with van der Waals surface area (Å²) in [7, 11) is 0. The minimum atomic E-state index is -0.310. The van der Waals surface area contributed by atoms with Gasteiger partial charge in [-0.2, -0.15) is 0 Å². The predicted octanol–water partition coefficient (Wildman–Crippen LogP) is 3.41. The summed E-state index contributed by atoms with van der Waals surface area (Å²) in [5.74, 6) is 1.13. The Morgan fingerprint density at radius 2 is 1.92 bits per heavy atom. The zero-order chi connectivity index (χ0) is 17.1. The molecule has 0 aliphatic heterocycles. The van der Waals surface area contributed by atoms with Gasteiger partial charge in [0.15, 0.2) is 5.78 Å². The van der Waals surface area contributed by atoms with Crippen LogP contribution in [-0.4, -0.2) is 28.7 Å². The summed E-state index contributed by atoms with van der Waals surface area (Å²) in [6, 6.07) is 0. The lowest BCUT2D eigenvalue weighted by Gasteiger charge is -2.54. The Morgan fingerprint density at radius 3 is 2.67 bits per heavy atom. The molecule has 0 saturated heterocycles. The highest BCUT2D eigenvalue weighted by Gasteiger charge is 2.57. The molecule has 4 rings (SSSR count). The molecule has 0 radical (unpaired) electrons. The van der Waals surface area contributed by atoms with Gasteiger partial charge in [-0.1, -0.05) is 37.1 Å². The van der Waals surface area contributed by atoms with Crippen molar-refractivity contribution in [3.63, 3.8) is 0 Å². The second-order valence-electron chi connectivity index (χ2n) is 9.08. The van der Waals surface area contributed by atoms with Crippen molar-refractivity contribution < 1.29 is 15.0 Å². The summed E-state index contributed by atoms with van der Waals surface area (Å²) in [6.45, 7) is 4.37. The van der Waals surface area contributed by atoms with Crippen molar-refractivity contribution in [3.8, 4) is 0 Å². The maximum Gasteiger partial charge on any atom is 0.161 e. The predicted molar refractivity (Wildman–Crippen MR) is 93.3 cm³/mol. The summed E-state index contributed by atoms with van der Waals surface area (Å²) in [6.07, 6.45) is 11.5. The summed E-state index contributed by atoms with van der Waals surface area (Å²) < 4.78 is 0. The molecule has 0 amide bonds. The number of fused-ring (bicyclic) bond motifs is 5. The van der Waals surface area contributed by atoms with Crippen LogP contribution in [0.25, 0.3) is 0 Å². The largest absolute Gasteiger partial charge is 0.393 e. The molecular formula is C21H30O3. The lowest BCUT2D eigenvalue weighted by molar-refractivity contribution is -0.129. The Morgan fingerprint density at radius 1 is 1.12 bits per heavy atom. The third kappa shape index (κ3) is 2.13. The van der Waals surface area contributed by atoms with Crippen LogP contribution in [-0.2, 0) is 4.79 Å². The first-order chi connectivity index (χ1) is 11.4. The molecule has 0 bridgehead atoms. The van der Waals surface area contributed by atoms with Gasteiger partial charge in [0.05, 0.1) is 6.10 Å². The molecule has 4 aliphatic carbocycles. The van der Waals surface area contributed by atoms with Crippen LogP contribution in [0.2, 0.25) is 0 Å². The molecule has 3 saturated carbocycles. The number of rotatable bonds is 2. The minimum Gasteiger partial charge on any atom is -0.393 e. The van der Waals surface area contributed by atoms with E-state index >= 15 is 0 Å². The Kier molecular flexibility index (Phi) is 3.81. The minimum absolute atomic E-state index is 0.0258. The lowest BCUT2D eigenvalue weighted by Crippen LogP contribution is -2.47. The van der Waals surface area contributed by atoms with E-state index in [1.54, 1.807) is 5.57 Å². The fourth-order valence-electron chi connectivity index (χ4n) is 6.62. The molecule has 4 aliphatic rings. The van der Waals surface area contributed by atoms with E-state index in [9.17, 15) is 15.0 Å². The number of aliphatic hydroxyl groups is 2. The van der Waals surface area contributed by atoms with E-state index in [4.69, 9.17) is 0 Å². The molecule has 132 valence electrons. The molecular weight excluding hydrogens is 300 g/mol. The summed E-state index contributed by atoms with van der Waals surface area (Å²) >= 11 is 0. The van der Waals surface area contributed by atoms with Gasteiger partial charge in [-0.3, -0.25) is 4.79 Å². The molecule has 0 aromatic heterocycles. The van der Waals surface area contributed by atoms with Crippen LogP contribution in [0.3, 0.4) is 0 Å². The van der Waals surface area contributed by atoms with Gasteiger partial charge < -0.3 is 10.2 Å². The zero-order valence-electron chi connectivity index (χ0n) is 14.9. The highest BCUT2D eigenvalue weighted by atomic mass is 16.3. The van der Waals surface area contributed by atoms with Crippen LogP contribution in [0.1, 0.15) is 58.8 Å². The molecule has 3 fully saturated rings. The molecule has 3 heteroatoms. The van der Waals surface area contributed by atoms with Gasteiger partial charge >= 0.3 is 0 Å². The molecule has 1 unspecified atom stereocenters. The van der Waals surface area contributed by atoms with Gasteiger partial charge in [-0.05, 0) is 67.6 Å². The summed E-state index contributed by atoms with van der Waals surface area (Å²) in [5, 5.41) is 19.4. The van der Waals surface area contributed by atoms with Crippen LogP contribution >= 0.6 is 0 Å². The molecule has 2 N–H and O–H groups in total. The first-order valence-corrected chi connectivity index (χ1v) is 9.63. The number of ketones is 1. The second kappa shape index (κ2) is 5.54. The molecule has 24 heavy (non-hydrogen) atoms. The van der Waals surface area contributed by atoms with E-state index in [2.05, 4.69) is 26.0 Å². The molecule has 6 atom stereocenters. The number of carbonyl (C=O) groups excluding carboxylic acids is 1. The van der Waals surface area contributed by atoms with Gasteiger partial charge in [-0.25, -0.2) is 0 Å². The van der Waals surface area contributed by atoms with E-state index in [1.165, 1.54) is 5.57 Å². The first-order valence-electron chi connectivity index (χ1n) is 9.63. The van der Waals surface area contributed by atoms with E-state index in [0.717, 1.165) is 44.9 Å². The van der Waals surface area contributed by atoms with Crippen molar-refractivity contribution in [2.45, 2.75) is 64.9 Å². The summed E-state index contributed by atoms with van der Waals surface area (Å²) in [4.78, 5) is 12.3. The van der Waals surface area contributed by atoms with Crippen molar-refractivity contribution in [1.29, 1.82) is 0 Å². The van der Waals surface area contributed by atoms with Crippen molar-refractivity contribution in [2.24, 2.45) is 28.6 Å². The highest BCUT2D eigenvalue weighted by molar-refractivity contribution is 5.83. The smallest absolute Gasteiger partial charge is 0.161 e. The maximum atomic E-state index is 12.3. The molecule has 3 nitrogen and oxygen atoms in total. The maximum absolute atomic E-state index is 12.3. The topological polar surface area (TPSA) is 57.5 Å². The molecule has 0 aromatic carbocycles. The Balaban J connectivity index is 1.69. The molecule has 0 spiro atoms. The van der Waals surface area contributed by atoms with Crippen molar-refractivity contribution >= 4 is 5.78 Å². The monoisotopic (exact) mass is 330 g/mol. The zero-order valence-corrected chi connectivity index (χ0v) is 14.9. The average molecular weight is 330 g/mol. The van der Waals surface area contributed by atoms with Gasteiger partial charge in [0.1, 0.15) is 6.61 Å². The SMILES string of the molecule is C[C@]12CC[C@@H]3C(=CC=C4CC(O)CC[C@]43C)[C@@H]1CC[C@@H]2C(=O)CO. The van der Waals surface area contributed by atoms with E-state index in [-0.39, 0.29) is 35.2 Å². The van der Waals surface area contributed by atoms with Gasteiger partial charge in [0.2, 0.25) is 0 Å². The fourth-order valence-corrected chi connectivity index (χ4v) is 6.62. The number of Topliss-reactive ketones (excluding diaryl/α,β-unsaturated/α-hetero) is 1. The number of aliphatic hydroxyl groups excluding tert-OH is 2. The quantitative estimate of drug-likeness (QED) is 0.816. The third-order valence-electron chi connectivity index (χ3n) is 8.09. The van der Waals surface area contributed by atoms with Crippen molar-refractivity contribution in [2.75, 3.05) is 6.61 Å². The normalized spacial score (nSPS) is 47.2. The van der Waals surface area contributed by atoms with Gasteiger partial charge in [0, 0.05) is 5.92 Å². The van der Waals surface area contributed by atoms with Crippen LogP contribution in [0, 0.1) is 28.6 Å². The lowest BCUT2D eigenvalue weighted by atomic mass is 9.50. The van der Waals surface area contributed by atoms with Crippen molar-refractivity contribution in [1.82, 2.24) is 0 Å².